The van der Waals surface area contributed by atoms with Crippen molar-refractivity contribution in [2.75, 3.05) is 0 Å². The summed E-state index contributed by atoms with van der Waals surface area (Å²) in [5, 5.41) is 4.35. The highest BCUT2D eigenvalue weighted by Crippen LogP contribution is 2.06. The average Bonchev–Trinajstić information content (AvgIpc) is 2.53. The lowest BCUT2D eigenvalue weighted by molar-refractivity contribution is 0.489. The first-order valence-electron chi connectivity index (χ1n) is 5.73. The minimum absolute atomic E-state index is 0.806. The Labute approximate surface area is 87.3 Å². The van der Waals surface area contributed by atoms with E-state index in [2.05, 4.69) is 36.7 Å². The van der Waals surface area contributed by atoms with E-state index < -0.39 is 0 Å². The quantitative estimate of drug-likeness (QED) is 0.679. The first-order valence-corrected chi connectivity index (χ1v) is 5.73. The lowest BCUT2D eigenvalue weighted by atomic mass is 10.1. The minimum atomic E-state index is 0.806. The maximum absolute atomic E-state index is 4.35. The highest BCUT2D eigenvalue weighted by molar-refractivity contribution is 5.03. The summed E-state index contributed by atoms with van der Waals surface area (Å²) in [5.74, 6) is 0.806. The van der Waals surface area contributed by atoms with E-state index in [0.717, 1.165) is 18.9 Å². The largest absolute Gasteiger partial charge is 0.272 e. The van der Waals surface area contributed by atoms with Crippen molar-refractivity contribution in [1.29, 1.82) is 0 Å². The van der Waals surface area contributed by atoms with Crippen LogP contribution < -0.4 is 0 Å². The summed E-state index contributed by atoms with van der Waals surface area (Å²) in [4.78, 5) is 0. The van der Waals surface area contributed by atoms with Crippen molar-refractivity contribution in [1.82, 2.24) is 9.78 Å². The third-order valence-corrected chi connectivity index (χ3v) is 2.39. The van der Waals surface area contributed by atoms with Crippen molar-refractivity contribution < 1.29 is 0 Å². The maximum Gasteiger partial charge on any atom is 0.0521 e. The molecule has 1 rings (SSSR count). The number of hydrogen-bond acceptors (Lipinski definition) is 1. The molecule has 0 radical (unpaired) electrons. The average molecular weight is 194 g/mol. The molecule has 0 bridgehead atoms. The number of aryl methyl sites for hydroxylation is 2. The van der Waals surface area contributed by atoms with E-state index in [-0.39, 0.29) is 0 Å². The van der Waals surface area contributed by atoms with Crippen LogP contribution in [0.5, 0.6) is 0 Å². The van der Waals surface area contributed by atoms with Crippen LogP contribution in [0.15, 0.2) is 12.4 Å². The molecule has 0 aliphatic rings. The van der Waals surface area contributed by atoms with Crippen molar-refractivity contribution in [2.24, 2.45) is 5.92 Å². The van der Waals surface area contributed by atoms with Crippen LogP contribution in [0, 0.1) is 5.92 Å². The van der Waals surface area contributed by atoms with E-state index in [1.807, 2.05) is 6.20 Å². The number of rotatable bonds is 6. The van der Waals surface area contributed by atoms with E-state index in [0.29, 0.717) is 0 Å². The molecule has 80 valence electrons. The molecular formula is C12H22N2. The zero-order valence-corrected chi connectivity index (χ0v) is 9.66. The van der Waals surface area contributed by atoms with Gasteiger partial charge in [0.25, 0.3) is 0 Å². The summed E-state index contributed by atoms with van der Waals surface area (Å²) in [6.45, 7) is 7.81. The molecule has 0 aromatic carbocycles. The number of hydrogen-bond donors (Lipinski definition) is 0. The molecule has 0 atom stereocenters. The van der Waals surface area contributed by atoms with Gasteiger partial charge in [-0.1, -0.05) is 27.2 Å². The predicted octanol–water partition coefficient (Wildman–Crippen LogP) is 3.27. The Hall–Kier alpha value is -0.790. The molecule has 1 aromatic rings. The summed E-state index contributed by atoms with van der Waals surface area (Å²) >= 11 is 0. The molecule has 0 saturated carbocycles. The molecule has 0 spiro atoms. The second kappa shape index (κ2) is 5.84. The van der Waals surface area contributed by atoms with Crippen molar-refractivity contribution in [2.45, 2.75) is 53.0 Å². The van der Waals surface area contributed by atoms with Crippen LogP contribution in [0.1, 0.15) is 45.6 Å². The van der Waals surface area contributed by atoms with Gasteiger partial charge in [-0.15, -0.1) is 0 Å². The molecule has 2 nitrogen and oxygen atoms in total. The molecule has 1 heterocycles. The summed E-state index contributed by atoms with van der Waals surface area (Å²) in [6.07, 6.45) is 9.08. The van der Waals surface area contributed by atoms with Gasteiger partial charge in [-0.2, -0.15) is 5.10 Å². The smallest absolute Gasteiger partial charge is 0.0521 e. The van der Waals surface area contributed by atoms with E-state index in [9.17, 15) is 0 Å². The molecule has 2 heteroatoms. The van der Waals surface area contributed by atoms with Crippen LogP contribution in [0.4, 0.5) is 0 Å². The zero-order chi connectivity index (χ0) is 10.4. The summed E-state index contributed by atoms with van der Waals surface area (Å²) < 4.78 is 2.08. The molecule has 0 amide bonds. The molecular weight excluding hydrogens is 172 g/mol. The van der Waals surface area contributed by atoms with Gasteiger partial charge < -0.3 is 0 Å². The number of nitrogens with zero attached hydrogens (tertiary/aromatic N) is 2. The predicted molar refractivity (Wildman–Crippen MR) is 60.3 cm³/mol. The summed E-state index contributed by atoms with van der Waals surface area (Å²) in [5.41, 5.74) is 1.37. The van der Waals surface area contributed by atoms with E-state index in [1.54, 1.807) is 0 Å². The van der Waals surface area contributed by atoms with Crippen molar-refractivity contribution in [3.8, 4) is 0 Å². The first-order chi connectivity index (χ1) is 6.72. The minimum Gasteiger partial charge on any atom is -0.272 e. The molecule has 14 heavy (non-hydrogen) atoms. The van der Waals surface area contributed by atoms with Crippen LogP contribution in [-0.4, -0.2) is 9.78 Å². The Morgan fingerprint density at radius 1 is 1.43 bits per heavy atom. The first kappa shape index (κ1) is 11.3. The van der Waals surface area contributed by atoms with Crippen molar-refractivity contribution >= 4 is 0 Å². The molecule has 0 aliphatic heterocycles. The third-order valence-electron chi connectivity index (χ3n) is 2.39. The Balaban J connectivity index is 2.28. The molecule has 0 N–H and O–H groups in total. The van der Waals surface area contributed by atoms with E-state index in [4.69, 9.17) is 0 Å². The molecule has 0 unspecified atom stereocenters. The standard InChI is InChI=1S/C12H22N2/c1-4-6-12-9-13-14(10-12)8-5-7-11(2)3/h9-11H,4-8H2,1-3H3. The van der Waals surface area contributed by atoms with Gasteiger partial charge >= 0.3 is 0 Å². The van der Waals surface area contributed by atoms with Crippen LogP contribution in [0.25, 0.3) is 0 Å². The second-order valence-electron chi connectivity index (χ2n) is 4.40. The fraction of sp³-hybridized carbons (Fsp3) is 0.750. The Bertz CT molecular complexity index is 251. The van der Waals surface area contributed by atoms with Crippen LogP contribution in [-0.2, 0) is 13.0 Å². The molecule has 0 saturated heterocycles. The highest BCUT2D eigenvalue weighted by Gasteiger charge is 1.98. The third kappa shape index (κ3) is 3.95. The van der Waals surface area contributed by atoms with Gasteiger partial charge in [-0.05, 0) is 30.7 Å². The summed E-state index contributed by atoms with van der Waals surface area (Å²) in [7, 11) is 0. The Morgan fingerprint density at radius 3 is 2.86 bits per heavy atom. The van der Waals surface area contributed by atoms with Crippen LogP contribution >= 0.6 is 0 Å². The van der Waals surface area contributed by atoms with Gasteiger partial charge in [0, 0.05) is 12.7 Å². The highest BCUT2D eigenvalue weighted by atomic mass is 15.3. The molecule has 0 aliphatic carbocycles. The number of aromatic nitrogens is 2. The monoisotopic (exact) mass is 194 g/mol. The van der Waals surface area contributed by atoms with Gasteiger partial charge in [-0.3, -0.25) is 4.68 Å². The molecule has 1 aromatic heterocycles. The topological polar surface area (TPSA) is 17.8 Å². The zero-order valence-electron chi connectivity index (χ0n) is 9.66. The van der Waals surface area contributed by atoms with Gasteiger partial charge in [0.2, 0.25) is 0 Å². The Morgan fingerprint density at radius 2 is 2.21 bits per heavy atom. The SMILES string of the molecule is CCCc1cnn(CCCC(C)C)c1. The fourth-order valence-electron chi connectivity index (χ4n) is 1.61. The lowest BCUT2D eigenvalue weighted by Gasteiger charge is -2.03. The van der Waals surface area contributed by atoms with Gasteiger partial charge in [0.05, 0.1) is 6.20 Å². The van der Waals surface area contributed by atoms with Gasteiger partial charge in [0.15, 0.2) is 0 Å². The van der Waals surface area contributed by atoms with Gasteiger partial charge in [-0.25, -0.2) is 0 Å². The molecule has 0 fully saturated rings. The van der Waals surface area contributed by atoms with Gasteiger partial charge in [0.1, 0.15) is 0 Å². The summed E-state index contributed by atoms with van der Waals surface area (Å²) in [6, 6.07) is 0. The second-order valence-corrected chi connectivity index (χ2v) is 4.40. The van der Waals surface area contributed by atoms with Crippen molar-refractivity contribution in [3.63, 3.8) is 0 Å². The fourth-order valence-corrected chi connectivity index (χ4v) is 1.61. The normalized spacial score (nSPS) is 11.1. The Kier molecular flexibility index (Phi) is 4.71. The maximum atomic E-state index is 4.35. The van der Waals surface area contributed by atoms with Crippen LogP contribution in [0.2, 0.25) is 0 Å². The van der Waals surface area contributed by atoms with E-state index in [1.165, 1.54) is 24.8 Å². The van der Waals surface area contributed by atoms with Crippen molar-refractivity contribution in [3.05, 3.63) is 18.0 Å². The van der Waals surface area contributed by atoms with Crippen LogP contribution in [0.3, 0.4) is 0 Å². The van der Waals surface area contributed by atoms with E-state index >= 15 is 0 Å². The lowest BCUT2D eigenvalue weighted by Crippen LogP contribution is -1.99.